The molecule has 0 aliphatic heterocycles. The van der Waals surface area contributed by atoms with Crippen LogP contribution in [0.3, 0.4) is 0 Å². The first kappa shape index (κ1) is 24.1. The lowest BCUT2D eigenvalue weighted by atomic mass is 9.58. The molecule has 0 N–H and O–H groups in total. The molecule has 0 heterocycles. The zero-order valence-electron chi connectivity index (χ0n) is 20.4. The fourth-order valence-corrected chi connectivity index (χ4v) is 5.93. The van der Waals surface area contributed by atoms with E-state index in [9.17, 15) is 19.2 Å². The van der Waals surface area contributed by atoms with E-state index in [0.29, 0.717) is 16.7 Å². The number of ether oxygens (including phenoxy) is 2. The van der Waals surface area contributed by atoms with Gasteiger partial charge in [-0.3, -0.25) is 14.4 Å². The fraction of sp³-hybridized carbons (Fsp3) is 0.161. The molecule has 184 valence electrons. The van der Waals surface area contributed by atoms with Crippen molar-refractivity contribution >= 4 is 35.2 Å². The van der Waals surface area contributed by atoms with Gasteiger partial charge in [-0.1, -0.05) is 91.0 Å². The molecule has 6 heteroatoms. The van der Waals surface area contributed by atoms with Gasteiger partial charge in [0, 0.05) is 12.0 Å². The Hall–Kier alpha value is -4.58. The summed E-state index contributed by atoms with van der Waals surface area (Å²) in [5.41, 5.74) is -1.90. The van der Waals surface area contributed by atoms with Crippen molar-refractivity contribution in [3.05, 3.63) is 119 Å². The third-order valence-corrected chi connectivity index (χ3v) is 7.34. The maximum Gasteiger partial charge on any atom is 0.341 e. The number of methoxy groups -OCH3 is 2. The van der Waals surface area contributed by atoms with Crippen molar-refractivity contribution in [3.8, 4) is 0 Å². The average molecular weight is 493 g/mol. The molecule has 5 rings (SSSR count). The number of benzene rings is 3. The highest BCUT2D eigenvalue weighted by Gasteiger charge is 2.77. The molecular weight excluding hydrogens is 468 g/mol. The number of fused-ring (bicyclic) bond motifs is 1. The first-order valence-corrected chi connectivity index (χ1v) is 11.8. The van der Waals surface area contributed by atoms with E-state index in [1.807, 2.05) is 12.1 Å². The van der Waals surface area contributed by atoms with Crippen LogP contribution in [-0.4, -0.2) is 37.7 Å². The normalized spacial score (nSPS) is 23.8. The number of carbonyl (C=O) groups is 4. The van der Waals surface area contributed by atoms with Gasteiger partial charge in [-0.2, -0.15) is 0 Å². The Bertz CT molecular complexity index is 1470. The molecule has 0 radical (unpaired) electrons. The van der Waals surface area contributed by atoms with Crippen LogP contribution in [0, 0.1) is 5.41 Å². The topological polar surface area (TPSA) is 86.7 Å². The summed E-state index contributed by atoms with van der Waals surface area (Å²) in [4.78, 5) is 55.7. The van der Waals surface area contributed by atoms with Gasteiger partial charge in [0.25, 0.3) is 0 Å². The van der Waals surface area contributed by atoms with Crippen molar-refractivity contribution in [2.75, 3.05) is 14.2 Å². The molecule has 0 saturated heterocycles. The van der Waals surface area contributed by atoms with Gasteiger partial charge in [0.15, 0.2) is 17.0 Å². The molecule has 37 heavy (non-hydrogen) atoms. The molecule has 0 bridgehead atoms. The molecule has 3 aromatic carbocycles. The van der Waals surface area contributed by atoms with Crippen LogP contribution in [0.4, 0.5) is 0 Å². The summed E-state index contributed by atoms with van der Waals surface area (Å²) in [6.45, 7) is 0. The minimum absolute atomic E-state index is 0.00765. The highest BCUT2D eigenvalue weighted by Crippen LogP contribution is 2.68. The van der Waals surface area contributed by atoms with Crippen molar-refractivity contribution in [1.29, 1.82) is 0 Å². The average Bonchev–Trinajstić information content (AvgIpc) is 3.33. The van der Waals surface area contributed by atoms with Gasteiger partial charge in [0.2, 0.25) is 0 Å². The largest absolute Gasteiger partial charge is 0.468 e. The summed E-state index contributed by atoms with van der Waals surface area (Å²) in [6.07, 6.45) is 1.35. The van der Waals surface area contributed by atoms with E-state index in [-0.39, 0.29) is 28.9 Å². The summed E-state index contributed by atoms with van der Waals surface area (Å²) >= 11 is 0. The molecule has 0 aromatic heterocycles. The minimum Gasteiger partial charge on any atom is -0.468 e. The molecule has 0 spiro atoms. The Balaban J connectivity index is 1.98. The smallest absolute Gasteiger partial charge is 0.341 e. The van der Waals surface area contributed by atoms with E-state index in [0.717, 1.165) is 0 Å². The lowest BCUT2D eigenvalue weighted by molar-refractivity contribution is -0.156. The van der Waals surface area contributed by atoms with Crippen LogP contribution in [-0.2, 0) is 34.1 Å². The van der Waals surface area contributed by atoms with Crippen LogP contribution in [0.15, 0.2) is 102 Å². The number of esters is 2. The molecular formula is C31H24O6. The Morgan fingerprint density at radius 2 is 1.35 bits per heavy atom. The second-order valence-corrected chi connectivity index (χ2v) is 9.02. The van der Waals surface area contributed by atoms with E-state index in [4.69, 9.17) is 9.47 Å². The van der Waals surface area contributed by atoms with Gasteiger partial charge in [-0.05, 0) is 28.3 Å². The number of allylic oxidation sites excluding steroid dienone is 1. The monoisotopic (exact) mass is 492 g/mol. The third-order valence-electron chi connectivity index (χ3n) is 7.34. The van der Waals surface area contributed by atoms with Crippen LogP contribution >= 0.6 is 0 Å². The molecule has 2 aliphatic rings. The molecule has 2 atom stereocenters. The van der Waals surface area contributed by atoms with E-state index >= 15 is 0 Å². The van der Waals surface area contributed by atoms with Gasteiger partial charge < -0.3 is 9.47 Å². The first-order chi connectivity index (χ1) is 17.9. The van der Waals surface area contributed by atoms with E-state index < -0.39 is 28.6 Å². The predicted molar refractivity (Wildman–Crippen MR) is 137 cm³/mol. The van der Waals surface area contributed by atoms with Gasteiger partial charge >= 0.3 is 11.9 Å². The fourth-order valence-electron chi connectivity index (χ4n) is 5.93. The molecule has 1 fully saturated rings. The molecule has 6 nitrogen and oxygen atoms in total. The van der Waals surface area contributed by atoms with Crippen LogP contribution in [0.5, 0.6) is 0 Å². The Kier molecular flexibility index (Phi) is 5.96. The number of carbonyl (C=O) groups excluding carboxylic acids is 4. The molecule has 3 aromatic rings. The summed E-state index contributed by atoms with van der Waals surface area (Å²) < 4.78 is 10.4. The first-order valence-electron chi connectivity index (χ1n) is 11.8. The molecule has 0 unspecified atom stereocenters. The summed E-state index contributed by atoms with van der Waals surface area (Å²) in [6, 6.07) is 26.7. The van der Waals surface area contributed by atoms with Crippen molar-refractivity contribution in [3.63, 3.8) is 0 Å². The number of ketones is 2. The van der Waals surface area contributed by atoms with Crippen LogP contribution in [0.1, 0.15) is 23.1 Å². The number of hydrogen-bond acceptors (Lipinski definition) is 6. The van der Waals surface area contributed by atoms with Crippen LogP contribution in [0.2, 0.25) is 0 Å². The maximum atomic E-state index is 14.6. The Labute approximate surface area is 214 Å². The summed E-state index contributed by atoms with van der Waals surface area (Å²) in [7, 11) is 2.37. The second kappa shape index (κ2) is 9.13. The van der Waals surface area contributed by atoms with E-state index in [1.165, 1.54) is 14.2 Å². The lowest BCUT2D eigenvalue weighted by Gasteiger charge is -2.39. The standard InChI is InChI=1S/C31H24O6/c1-36-28(34)25-26(21-14-8-4-9-15-21)30(22-16-10-5-11-17-22)19-24(32)23(18-20-12-6-3-7-13-20)31(30,27(25)33)29(35)37-2/h3-18H,19H2,1-2H3/b23-18-/t30-,31-/m0/s1. The third kappa shape index (κ3) is 3.25. The van der Waals surface area contributed by atoms with Gasteiger partial charge in [-0.25, -0.2) is 4.79 Å². The van der Waals surface area contributed by atoms with Gasteiger partial charge in [-0.15, -0.1) is 0 Å². The molecule has 0 amide bonds. The summed E-state index contributed by atoms with van der Waals surface area (Å²) in [5.74, 6) is -2.95. The SMILES string of the molecule is COC(=O)C1=C(c2ccccc2)[C@@]2(c3ccccc3)CC(=O)/C(=C/c3ccccc3)[C@@]2(C(=O)OC)C1=O. The molecule has 2 aliphatic carbocycles. The Morgan fingerprint density at radius 3 is 1.92 bits per heavy atom. The highest BCUT2D eigenvalue weighted by atomic mass is 16.5. The summed E-state index contributed by atoms with van der Waals surface area (Å²) in [5, 5.41) is 0. The lowest BCUT2D eigenvalue weighted by Crippen LogP contribution is -2.51. The maximum absolute atomic E-state index is 14.6. The highest BCUT2D eigenvalue weighted by molar-refractivity contribution is 6.40. The van der Waals surface area contributed by atoms with Crippen molar-refractivity contribution in [1.82, 2.24) is 0 Å². The number of hydrogen-bond donors (Lipinski definition) is 0. The van der Waals surface area contributed by atoms with Crippen molar-refractivity contribution < 1.29 is 28.7 Å². The van der Waals surface area contributed by atoms with Crippen LogP contribution < -0.4 is 0 Å². The minimum atomic E-state index is -2.12. The van der Waals surface area contributed by atoms with Gasteiger partial charge in [0.1, 0.15) is 5.57 Å². The zero-order chi connectivity index (χ0) is 26.2. The predicted octanol–water partition coefficient (Wildman–Crippen LogP) is 4.35. The second-order valence-electron chi connectivity index (χ2n) is 9.02. The van der Waals surface area contributed by atoms with Crippen molar-refractivity contribution in [2.45, 2.75) is 11.8 Å². The zero-order valence-corrected chi connectivity index (χ0v) is 20.4. The van der Waals surface area contributed by atoms with E-state index in [1.54, 1.807) is 84.9 Å². The quantitative estimate of drug-likeness (QED) is 0.228. The number of rotatable bonds is 5. The number of Topliss-reactive ketones (excluding diaryl/α,β-unsaturated/α-hetero) is 2. The van der Waals surface area contributed by atoms with Crippen LogP contribution in [0.25, 0.3) is 11.6 Å². The van der Waals surface area contributed by atoms with Gasteiger partial charge in [0.05, 0.1) is 19.6 Å². The molecule has 1 saturated carbocycles. The Morgan fingerprint density at radius 1 is 0.784 bits per heavy atom. The van der Waals surface area contributed by atoms with Crippen molar-refractivity contribution in [2.24, 2.45) is 5.41 Å². The van der Waals surface area contributed by atoms with E-state index in [2.05, 4.69) is 0 Å².